The Morgan fingerprint density at radius 2 is 1.78 bits per heavy atom. The van der Waals surface area contributed by atoms with Crippen LogP contribution < -0.4 is 0 Å². The smallest absolute Gasteiger partial charge is 0.253 e. The lowest BCUT2D eigenvalue weighted by Gasteiger charge is -2.36. The molecule has 0 saturated carbocycles. The van der Waals surface area contributed by atoms with Crippen molar-refractivity contribution in [2.45, 2.75) is 25.9 Å². The zero-order valence-electron chi connectivity index (χ0n) is 20.4. The number of carbonyl (C=O) groups is 1. The van der Waals surface area contributed by atoms with E-state index in [9.17, 15) is 4.79 Å². The van der Waals surface area contributed by atoms with Gasteiger partial charge in [0.15, 0.2) is 0 Å². The highest BCUT2D eigenvalue weighted by Crippen LogP contribution is 2.33. The van der Waals surface area contributed by atoms with Gasteiger partial charge in [-0.2, -0.15) is 5.10 Å². The number of furan rings is 1. The van der Waals surface area contributed by atoms with E-state index in [4.69, 9.17) is 16.6 Å². The molecule has 1 amide bonds. The van der Waals surface area contributed by atoms with Crippen molar-refractivity contribution in [3.8, 4) is 0 Å². The molecule has 2 aliphatic heterocycles. The Morgan fingerprint density at radius 3 is 2.47 bits per heavy atom. The molecule has 0 radical (unpaired) electrons. The van der Waals surface area contributed by atoms with Crippen molar-refractivity contribution >= 4 is 39.9 Å². The van der Waals surface area contributed by atoms with E-state index in [2.05, 4.69) is 70.4 Å². The standard InChI is InChI=1S/C28H30N4O2S2/c1-21-9-11-23(12-10-21)25-18-24(26-8-5-17-34-26)29-32(25)27(33)20-36-28(35)31-15-13-30(14-16-31)19-22-6-3-2-4-7-22/h2-12,17,25H,13-16,18-20H2,1H3. The van der Waals surface area contributed by atoms with Gasteiger partial charge in [0.25, 0.3) is 5.91 Å². The van der Waals surface area contributed by atoms with E-state index in [-0.39, 0.29) is 17.7 Å². The fourth-order valence-corrected chi connectivity index (χ4v) is 5.69. The number of thiocarbonyl (C=S) groups is 1. The number of aryl methyl sites for hydroxylation is 1. The van der Waals surface area contributed by atoms with Crippen molar-refractivity contribution in [3.63, 3.8) is 0 Å². The minimum Gasteiger partial charge on any atom is -0.463 e. The highest BCUT2D eigenvalue weighted by Gasteiger charge is 2.34. The summed E-state index contributed by atoms with van der Waals surface area (Å²) in [6.45, 7) is 6.69. The molecule has 2 aliphatic rings. The lowest BCUT2D eigenvalue weighted by Crippen LogP contribution is -2.47. The van der Waals surface area contributed by atoms with Crippen LogP contribution in [0.3, 0.4) is 0 Å². The molecule has 186 valence electrons. The van der Waals surface area contributed by atoms with Gasteiger partial charge >= 0.3 is 0 Å². The summed E-state index contributed by atoms with van der Waals surface area (Å²) in [7, 11) is 0. The summed E-state index contributed by atoms with van der Waals surface area (Å²) >= 11 is 7.15. The average Bonchev–Trinajstić information content (AvgIpc) is 3.59. The minimum absolute atomic E-state index is 0.0443. The first kappa shape index (κ1) is 24.7. The lowest BCUT2D eigenvalue weighted by molar-refractivity contribution is -0.130. The molecule has 6 nitrogen and oxygen atoms in total. The van der Waals surface area contributed by atoms with Crippen LogP contribution in [-0.4, -0.2) is 62.7 Å². The number of nitrogens with zero attached hydrogens (tertiary/aromatic N) is 4. The first-order valence-electron chi connectivity index (χ1n) is 12.2. The van der Waals surface area contributed by atoms with Crippen molar-refractivity contribution < 1.29 is 9.21 Å². The number of rotatable bonds is 6. The Bertz CT molecular complexity index is 1200. The number of thioether (sulfide) groups is 1. The van der Waals surface area contributed by atoms with Crippen molar-refractivity contribution in [1.29, 1.82) is 0 Å². The first-order valence-corrected chi connectivity index (χ1v) is 13.6. The molecule has 8 heteroatoms. The summed E-state index contributed by atoms with van der Waals surface area (Å²) in [6, 6.07) is 22.4. The number of hydrogen-bond acceptors (Lipinski definition) is 6. The number of piperazine rings is 1. The second kappa shape index (κ2) is 11.4. The molecule has 36 heavy (non-hydrogen) atoms. The van der Waals surface area contributed by atoms with Gasteiger partial charge in [-0.1, -0.05) is 84.1 Å². The van der Waals surface area contributed by atoms with Crippen LogP contribution in [0.4, 0.5) is 0 Å². The summed E-state index contributed by atoms with van der Waals surface area (Å²) in [5, 5.41) is 6.30. The van der Waals surface area contributed by atoms with Gasteiger partial charge in [-0.05, 0) is 30.2 Å². The van der Waals surface area contributed by atoms with Crippen LogP contribution in [0.25, 0.3) is 0 Å². The molecule has 3 heterocycles. The maximum atomic E-state index is 13.3. The molecule has 0 aliphatic carbocycles. The normalized spacial score (nSPS) is 18.4. The van der Waals surface area contributed by atoms with E-state index < -0.39 is 0 Å². The van der Waals surface area contributed by atoms with Crippen LogP contribution in [0.1, 0.15) is 34.9 Å². The van der Waals surface area contributed by atoms with Crippen molar-refractivity contribution in [1.82, 2.24) is 14.8 Å². The first-order chi connectivity index (χ1) is 17.6. The summed E-state index contributed by atoms with van der Waals surface area (Å²) < 4.78 is 6.35. The fourth-order valence-electron chi connectivity index (χ4n) is 4.59. The van der Waals surface area contributed by atoms with Crippen molar-refractivity contribution in [2.24, 2.45) is 5.10 Å². The Hall–Kier alpha value is -2.94. The highest BCUT2D eigenvalue weighted by molar-refractivity contribution is 8.23. The van der Waals surface area contributed by atoms with Gasteiger partial charge in [-0.25, -0.2) is 5.01 Å². The third-order valence-corrected chi connectivity index (χ3v) is 8.14. The molecule has 1 atom stereocenters. The Balaban J connectivity index is 1.18. The number of hydrogen-bond donors (Lipinski definition) is 0. The van der Waals surface area contributed by atoms with Crippen molar-refractivity contribution in [2.75, 3.05) is 31.9 Å². The SMILES string of the molecule is Cc1ccc(C2CC(c3ccco3)=NN2C(=O)CSC(=S)N2CCN(Cc3ccccc3)CC2)cc1. The molecule has 0 N–H and O–H groups in total. The van der Waals surface area contributed by atoms with Crippen LogP contribution in [0.2, 0.25) is 0 Å². The van der Waals surface area contributed by atoms with Gasteiger partial charge in [0.1, 0.15) is 15.8 Å². The number of hydrazone groups is 1. The lowest BCUT2D eigenvalue weighted by atomic mass is 10.00. The van der Waals surface area contributed by atoms with Crippen molar-refractivity contribution in [3.05, 3.63) is 95.4 Å². The predicted octanol–water partition coefficient (Wildman–Crippen LogP) is 5.10. The Kier molecular flexibility index (Phi) is 7.84. The fraction of sp³-hybridized carbons (Fsp3) is 0.321. The molecule has 1 aromatic heterocycles. The van der Waals surface area contributed by atoms with Gasteiger partial charge in [-0.15, -0.1) is 0 Å². The van der Waals surface area contributed by atoms with Crippen LogP contribution in [0.5, 0.6) is 0 Å². The molecular weight excluding hydrogens is 488 g/mol. The van der Waals surface area contributed by atoms with Gasteiger partial charge in [0.2, 0.25) is 0 Å². The van der Waals surface area contributed by atoms with Gasteiger partial charge in [-0.3, -0.25) is 9.69 Å². The molecule has 5 rings (SSSR count). The zero-order valence-corrected chi connectivity index (χ0v) is 22.0. The van der Waals surface area contributed by atoms with Gasteiger partial charge in [0, 0.05) is 39.1 Å². The van der Waals surface area contributed by atoms with E-state index in [1.54, 1.807) is 11.3 Å². The van der Waals surface area contributed by atoms with E-state index in [1.165, 1.54) is 22.9 Å². The number of benzene rings is 2. The van der Waals surface area contributed by atoms with Crippen LogP contribution >= 0.6 is 24.0 Å². The Labute approximate surface area is 221 Å². The van der Waals surface area contributed by atoms with Gasteiger partial charge < -0.3 is 9.32 Å². The largest absolute Gasteiger partial charge is 0.463 e. The molecule has 2 aromatic carbocycles. The summed E-state index contributed by atoms with van der Waals surface area (Å²) in [5.74, 6) is 0.927. The molecule has 0 bridgehead atoms. The zero-order chi connectivity index (χ0) is 24.9. The maximum Gasteiger partial charge on any atom is 0.253 e. The van der Waals surface area contributed by atoms with Crippen LogP contribution in [-0.2, 0) is 11.3 Å². The molecule has 1 saturated heterocycles. The maximum absolute atomic E-state index is 13.3. The third-order valence-electron chi connectivity index (χ3n) is 6.63. The van der Waals surface area contributed by atoms with E-state index >= 15 is 0 Å². The molecule has 0 spiro atoms. The summed E-state index contributed by atoms with van der Waals surface area (Å²) in [4.78, 5) is 18.0. The summed E-state index contributed by atoms with van der Waals surface area (Å²) in [5.41, 5.74) is 4.38. The molecule has 3 aromatic rings. The second-order valence-corrected chi connectivity index (χ2v) is 10.8. The number of amides is 1. The molecule has 1 fully saturated rings. The summed E-state index contributed by atoms with van der Waals surface area (Å²) in [6.07, 6.45) is 2.26. The van der Waals surface area contributed by atoms with E-state index in [1.807, 2.05) is 18.2 Å². The van der Waals surface area contributed by atoms with Crippen LogP contribution in [0.15, 0.2) is 82.5 Å². The highest BCUT2D eigenvalue weighted by atomic mass is 32.2. The van der Waals surface area contributed by atoms with E-state index in [0.29, 0.717) is 12.2 Å². The molecular formula is C28H30N4O2S2. The van der Waals surface area contributed by atoms with Gasteiger partial charge in [0.05, 0.1) is 18.1 Å². The average molecular weight is 519 g/mol. The number of carbonyl (C=O) groups excluding carboxylic acids is 1. The second-order valence-electron chi connectivity index (χ2n) is 9.20. The minimum atomic E-state index is -0.145. The van der Waals surface area contributed by atoms with Crippen LogP contribution in [0, 0.1) is 6.92 Å². The monoisotopic (exact) mass is 518 g/mol. The topological polar surface area (TPSA) is 52.3 Å². The molecule has 1 unspecified atom stereocenters. The Morgan fingerprint density at radius 1 is 1.03 bits per heavy atom. The third kappa shape index (κ3) is 5.88. The quantitative estimate of drug-likeness (QED) is 0.423. The predicted molar refractivity (Wildman–Crippen MR) is 149 cm³/mol. The van der Waals surface area contributed by atoms with E-state index in [0.717, 1.165) is 48.3 Å².